The van der Waals surface area contributed by atoms with E-state index in [0.29, 0.717) is 37.0 Å². The summed E-state index contributed by atoms with van der Waals surface area (Å²) < 4.78 is 5.96. The Morgan fingerprint density at radius 3 is 2.25 bits per heavy atom. The van der Waals surface area contributed by atoms with Crippen molar-refractivity contribution in [2.24, 2.45) is 0 Å². The van der Waals surface area contributed by atoms with Crippen LogP contribution in [0.4, 0.5) is 5.82 Å². The fourth-order valence-electron chi connectivity index (χ4n) is 3.86. The second-order valence-corrected chi connectivity index (χ2v) is 8.87. The van der Waals surface area contributed by atoms with Crippen LogP contribution in [0.1, 0.15) is 19.4 Å². The molecule has 2 aromatic carbocycles. The van der Waals surface area contributed by atoms with E-state index in [2.05, 4.69) is 34.2 Å². The highest BCUT2D eigenvalue weighted by Crippen LogP contribution is 2.25. The molecule has 7 heteroatoms. The van der Waals surface area contributed by atoms with Crippen molar-refractivity contribution in [1.29, 1.82) is 0 Å². The van der Waals surface area contributed by atoms with Gasteiger partial charge in [0.25, 0.3) is 5.91 Å². The molecule has 1 aliphatic heterocycles. The summed E-state index contributed by atoms with van der Waals surface area (Å²) in [7, 11) is 0. The maximum atomic E-state index is 13.1. The molecule has 3 aromatic rings. The van der Waals surface area contributed by atoms with Crippen molar-refractivity contribution in [2.75, 3.05) is 31.1 Å². The smallest absolute Gasteiger partial charge is 0.266 e. The van der Waals surface area contributed by atoms with E-state index in [9.17, 15) is 4.79 Å². The van der Waals surface area contributed by atoms with Gasteiger partial charge < -0.3 is 14.5 Å². The van der Waals surface area contributed by atoms with Gasteiger partial charge in [0.2, 0.25) is 0 Å². The summed E-state index contributed by atoms with van der Waals surface area (Å²) in [4.78, 5) is 17.1. The summed E-state index contributed by atoms with van der Waals surface area (Å²) in [6, 6.07) is 19.2. The number of amides is 1. The number of nitrogens with zero attached hydrogens (tertiary/aromatic N) is 4. The van der Waals surface area contributed by atoms with Crippen LogP contribution in [0, 0.1) is 6.92 Å². The van der Waals surface area contributed by atoms with E-state index in [1.165, 1.54) is 5.56 Å². The Bertz CT molecular complexity index is 1080. The van der Waals surface area contributed by atoms with Crippen molar-refractivity contribution in [2.45, 2.75) is 26.4 Å². The zero-order valence-electron chi connectivity index (χ0n) is 18.6. The molecule has 4 rings (SSSR count). The number of aromatic nitrogens is 2. The van der Waals surface area contributed by atoms with Crippen molar-refractivity contribution >= 4 is 23.3 Å². The summed E-state index contributed by atoms with van der Waals surface area (Å²) in [5, 5.41) is 9.50. The van der Waals surface area contributed by atoms with Gasteiger partial charge in [0.1, 0.15) is 5.75 Å². The Morgan fingerprint density at radius 2 is 1.62 bits per heavy atom. The highest BCUT2D eigenvalue weighted by Gasteiger charge is 2.36. The van der Waals surface area contributed by atoms with Gasteiger partial charge in [-0.1, -0.05) is 35.9 Å². The van der Waals surface area contributed by atoms with Gasteiger partial charge in [-0.05, 0) is 62.7 Å². The van der Waals surface area contributed by atoms with E-state index in [1.807, 2.05) is 29.2 Å². The number of anilines is 1. The Labute approximate surface area is 193 Å². The molecule has 0 saturated carbocycles. The maximum Gasteiger partial charge on any atom is 0.266 e. The normalized spacial score (nSPS) is 14.4. The topological polar surface area (TPSA) is 58.6 Å². The molecule has 32 heavy (non-hydrogen) atoms. The van der Waals surface area contributed by atoms with Crippen LogP contribution in [0.25, 0.3) is 11.3 Å². The molecule has 2 heterocycles. The van der Waals surface area contributed by atoms with Gasteiger partial charge in [-0.25, -0.2) is 0 Å². The number of hydrogen-bond acceptors (Lipinski definition) is 5. The lowest BCUT2D eigenvalue weighted by atomic mass is 10.1. The molecule has 0 aliphatic carbocycles. The minimum Gasteiger partial charge on any atom is -0.478 e. The Hall–Kier alpha value is -3.12. The van der Waals surface area contributed by atoms with Gasteiger partial charge in [0.15, 0.2) is 11.4 Å². The molecule has 0 atom stereocenters. The molecule has 166 valence electrons. The molecular formula is C25H27ClN4O2. The van der Waals surface area contributed by atoms with Crippen LogP contribution in [0.3, 0.4) is 0 Å². The van der Waals surface area contributed by atoms with Gasteiger partial charge in [0, 0.05) is 36.8 Å². The van der Waals surface area contributed by atoms with Crippen molar-refractivity contribution in [3.05, 3.63) is 71.2 Å². The first kappa shape index (κ1) is 22.1. The number of ether oxygens (including phenoxy) is 1. The molecule has 0 N–H and O–H groups in total. The predicted octanol–water partition coefficient (Wildman–Crippen LogP) is 4.61. The summed E-state index contributed by atoms with van der Waals surface area (Å²) in [5.41, 5.74) is 2.15. The number of hydrogen-bond donors (Lipinski definition) is 0. The SMILES string of the molecule is Cc1ccccc1-c1ccc(N2CCN(C(=O)C(C)(C)Oc3ccc(Cl)cc3)CC2)nn1. The zero-order chi connectivity index (χ0) is 22.7. The number of carbonyl (C=O) groups excluding carboxylic acids is 1. The second kappa shape index (κ2) is 9.17. The van der Waals surface area contributed by atoms with Crippen molar-refractivity contribution in [3.63, 3.8) is 0 Å². The van der Waals surface area contributed by atoms with Crippen LogP contribution >= 0.6 is 11.6 Å². The standard InChI is InChI=1S/C25H27ClN4O2/c1-18-6-4-5-7-21(18)22-12-13-23(28-27-22)29-14-16-30(17-15-29)24(31)25(2,3)32-20-10-8-19(26)9-11-20/h4-13H,14-17H2,1-3H3. The van der Waals surface area contributed by atoms with Gasteiger partial charge in [-0.2, -0.15) is 0 Å². The summed E-state index contributed by atoms with van der Waals surface area (Å²) in [5.74, 6) is 1.41. The average molecular weight is 451 g/mol. The maximum absolute atomic E-state index is 13.1. The molecule has 0 bridgehead atoms. The monoisotopic (exact) mass is 450 g/mol. The largest absolute Gasteiger partial charge is 0.478 e. The molecule has 0 unspecified atom stereocenters. The summed E-state index contributed by atoms with van der Waals surface area (Å²) in [6.07, 6.45) is 0. The highest BCUT2D eigenvalue weighted by atomic mass is 35.5. The summed E-state index contributed by atoms with van der Waals surface area (Å²) in [6.45, 7) is 8.26. The quantitative estimate of drug-likeness (QED) is 0.568. The lowest BCUT2D eigenvalue weighted by Crippen LogP contribution is -2.56. The van der Waals surface area contributed by atoms with Crippen LogP contribution < -0.4 is 9.64 Å². The first-order valence-electron chi connectivity index (χ1n) is 10.7. The van der Waals surface area contributed by atoms with Crippen molar-refractivity contribution in [1.82, 2.24) is 15.1 Å². The van der Waals surface area contributed by atoms with E-state index >= 15 is 0 Å². The zero-order valence-corrected chi connectivity index (χ0v) is 19.3. The van der Waals surface area contributed by atoms with Gasteiger partial charge in [-0.15, -0.1) is 10.2 Å². The van der Waals surface area contributed by atoms with E-state index in [-0.39, 0.29) is 5.91 Å². The van der Waals surface area contributed by atoms with Crippen molar-refractivity contribution < 1.29 is 9.53 Å². The number of rotatable bonds is 5. The van der Waals surface area contributed by atoms with E-state index in [4.69, 9.17) is 16.3 Å². The predicted molar refractivity (Wildman–Crippen MR) is 127 cm³/mol. The number of carbonyl (C=O) groups is 1. The first-order chi connectivity index (χ1) is 15.3. The van der Waals surface area contributed by atoms with E-state index in [1.54, 1.807) is 38.1 Å². The fraction of sp³-hybridized carbons (Fsp3) is 0.320. The third kappa shape index (κ3) is 4.86. The first-order valence-corrected chi connectivity index (χ1v) is 11.1. The number of benzene rings is 2. The van der Waals surface area contributed by atoms with Crippen LogP contribution in [0.15, 0.2) is 60.7 Å². The van der Waals surface area contributed by atoms with Crippen LogP contribution in [-0.2, 0) is 4.79 Å². The molecule has 1 amide bonds. The molecule has 0 spiro atoms. The van der Waals surface area contributed by atoms with Crippen molar-refractivity contribution in [3.8, 4) is 17.0 Å². The number of halogens is 1. The number of aryl methyl sites for hydroxylation is 1. The Morgan fingerprint density at radius 1 is 0.938 bits per heavy atom. The fourth-order valence-corrected chi connectivity index (χ4v) is 3.98. The van der Waals surface area contributed by atoms with Gasteiger partial charge in [-0.3, -0.25) is 4.79 Å². The minimum absolute atomic E-state index is 0.0342. The lowest BCUT2D eigenvalue weighted by Gasteiger charge is -2.38. The third-order valence-corrected chi connectivity index (χ3v) is 5.92. The average Bonchev–Trinajstić information content (AvgIpc) is 2.80. The van der Waals surface area contributed by atoms with E-state index < -0.39 is 5.60 Å². The van der Waals surface area contributed by atoms with Crippen LogP contribution in [0.5, 0.6) is 5.75 Å². The van der Waals surface area contributed by atoms with Crippen LogP contribution in [0.2, 0.25) is 5.02 Å². The summed E-state index contributed by atoms with van der Waals surface area (Å²) >= 11 is 5.93. The Kier molecular flexibility index (Phi) is 6.33. The lowest BCUT2D eigenvalue weighted by molar-refractivity contribution is -0.145. The Balaban J connectivity index is 1.36. The molecular weight excluding hydrogens is 424 g/mol. The second-order valence-electron chi connectivity index (χ2n) is 8.44. The molecule has 1 fully saturated rings. The molecule has 1 saturated heterocycles. The minimum atomic E-state index is -0.967. The molecule has 1 aromatic heterocycles. The van der Waals surface area contributed by atoms with Crippen LogP contribution in [-0.4, -0.2) is 52.8 Å². The molecule has 6 nitrogen and oxygen atoms in total. The highest BCUT2D eigenvalue weighted by molar-refractivity contribution is 6.30. The third-order valence-electron chi connectivity index (χ3n) is 5.66. The number of piperazine rings is 1. The molecule has 1 aliphatic rings. The molecule has 0 radical (unpaired) electrons. The van der Waals surface area contributed by atoms with Gasteiger partial charge >= 0.3 is 0 Å². The van der Waals surface area contributed by atoms with Gasteiger partial charge in [0.05, 0.1) is 5.69 Å². The van der Waals surface area contributed by atoms with E-state index in [0.717, 1.165) is 17.1 Å².